The Labute approximate surface area is 192 Å². The minimum absolute atomic E-state index is 0.0123. The van der Waals surface area contributed by atoms with Gasteiger partial charge in [0.15, 0.2) is 0 Å². The first-order valence-electron chi connectivity index (χ1n) is 9.66. The number of aryl methyl sites for hydroxylation is 1. The largest absolute Gasteiger partial charge is 0.467 e. The zero-order chi connectivity index (χ0) is 23.0. The normalized spacial score (nSPS) is 14.8. The second-order valence-electron chi connectivity index (χ2n) is 7.25. The van der Waals surface area contributed by atoms with Crippen LogP contribution in [-0.2, 0) is 16.0 Å². The van der Waals surface area contributed by atoms with E-state index in [1.54, 1.807) is 25.1 Å². The van der Waals surface area contributed by atoms with Gasteiger partial charge in [0.2, 0.25) is 0 Å². The number of ether oxygens (including phenoxy) is 1. The molecule has 164 valence electrons. The van der Waals surface area contributed by atoms with E-state index in [0.717, 1.165) is 29.0 Å². The molecule has 0 fully saturated rings. The molecule has 6 nitrogen and oxygen atoms in total. The summed E-state index contributed by atoms with van der Waals surface area (Å²) in [5.74, 6) is -1.91. The SMILES string of the molecule is COC(=O)C1Cc2ccccc2N1C(=O)c1sc(NC(=O)c2ccc(F)cc2Cl)cc1C. The van der Waals surface area contributed by atoms with E-state index in [1.165, 1.54) is 18.1 Å². The van der Waals surface area contributed by atoms with Crippen LogP contribution < -0.4 is 10.2 Å². The van der Waals surface area contributed by atoms with E-state index in [1.807, 2.05) is 12.1 Å². The lowest BCUT2D eigenvalue weighted by atomic mass is 10.1. The second kappa shape index (κ2) is 8.72. The number of benzene rings is 2. The van der Waals surface area contributed by atoms with Gasteiger partial charge in [-0.25, -0.2) is 9.18 Å². The number of nitrogens with one attached hydrogen (secondary N) is 1. The molecular weight excluding hydrogens is 455 g/mol. The van der Waals surface area contributed by atoms with E-state index in [9.17, 15) is 18.8 Å². The Balaban J connectivity index is 1.62. The first-order valence-corrected chi connectivity index (χ1v) is 10.9. The van der Waals surface area contributed by atoms with Gasteiger partial charge in [-0.05, 0) is 48.4 Å². The van der Waals surface area contributed by atoms with Crippen molar-refractivity contribution in [2.75, 3.05) is 17.3 Å². The van der Waals surface area contributed by atoms with Crippen molar-refractivity contribution in [3.05, 3.63) is 80.9 Å². The average Bonchev–Trinajstić information content (AvgIpc) is 3.32. The van der Waals surface area contributed by atoms with Gasteiger partial charge in [-0.1, -0.05) is 29.8 Å². The molecule has 1 atom stereocenters. The molecule has 3 aromatic rings. The summed E-state index contributed by atoms with van der Waals surface area (Å²) in [4.78, 5) is 40.2. The van der Waals surface area contributed by atoms with Crippen molar-refractivity contribution in [2.45, 2.75) is 19.4 Å². The zero-order valence-electron chi connectivity index (χ0n) is 17.1. The number of methoxy groups -OCH3 is 1. The molecule has 32 heavy (non-hydrogen) atoms. The first kappa shape index (κ1) is 22.0. The van der Waals surface area contributed by atoms with Gasteiger partial charge in [0, 0.05) is 12.1 Å². The Bertz CT molecular complexity index is 1240. The van der Waals surface area contributed by atoms with Crippen molar-refractivity contribution in [1.29, 1.82) is 0 Å². The number of halogens is 2. The van der Waals surface area contributed by atoms with Gasteiger partial charge in [-0.15, -0.1) is 11.3 Å². The molecular formula is C23H18ClFN2O4S. The average molecular weight is 473 g/mol. The molecule has 1 N–H and O–H groups in total. The fourth-order valence-corrected chi connectivity index (χ4v) is 4.94. The molecule has 2 heterocycles. The summed E-state index contributed by atoms with van der Waals surface area (Å²) in [7, 11) is 1.29. The number of carbonyl (C=O) groups excluding carboxylic acids is 3. The van der Waals surface area contributed by atoms with Gasteiger partial charge in [0.1, 0.15) is 11.9 Å². The van der Waals surface area contributed by atoms with Crippen LogP contribution in [0.3, 0.4) is 0 Å². The van der Waals surface area contributed by atoms with Crippen molar-refractivity contribution in [3.8, 4) is 0 Å². The molecule has 1 unspecified atom stereocenters. The maximum Gasteiger partial charge on any atom is 0.329 e. The van der Waals surface area contributed by atoms with Crippen LogP contribution in [0.5, 0.6) is 0 Å². The molecule has 0 aliphatic carbocycles. The molecule has 2 aromatic carbocycles. The second-order valence-corrected chi connectivity index (χ2v) is 8.71. The number of hydrogen-bond donors (Lipinski definition) is 1. The number of hydrogen-bond acceptors (Lipinski definition) is 5. The third-order valence-corrected chi connectivity index (χ3v) is 6.65. The van der Waals surface area contributed by atoms with Gasteiger partial charge in [0.05, 0.1) is 27.6 Å². The first-order chi connectivity index (χ1) is 15.3. The molecule has 0 radical (unpaired) electrons. The van der Waals surface area contributed by atoms with Crippen LogP contribution in [0.15, 0.2) is 48.5 Å². The Morgan fingerprint density at radius 3 is 2.66 bits per heavy atom. The summed E-state index contributed by atoms with van der Waals surface area (Å²) >= 11 is 7.06. The number of fused-ring (bicyclic) bond motifs is 1. The number of carbonyl (C=O) groups is 3. The number of esters is 1. The number of rotatable bonds is 4. The lowest BCUT2D eigenvalue weighted by molar-refractivity contribution is -0.141. The fourth-order valence-electron chi connectivity index (χ4n) is 3.68. The van der Waals surface area contributed by atoms with Crippen molar-refractivity contribution >= 4 is 51.4 Å². The lowest BCUT2D eigenvalue weighted by Gasteiger charge is -2.23. The molecule has 0 bridgehead atoms. The van der Waals surface area contributed by atoms with Gasteiger partial charge in [-0.3, -0.25) is 14.5 Å². The van der Waals surface area contributed by atoms with E-state index >= 15 is 0 Å². The van der Waals surface area contributed by atoms with Crippen LogP contribution in [0.2, 0.25) is 5.02 Å². The van der Waals surface area contributed by atoms with E-state index < -0.39 is 23.7 Å². The molecule has 0 spiro atoms. The van der Waals surface area contributed by atoms with E-state index in [-0.39, 0.29) is 16.5 Å². The highest BCUT2D eigenvalue weighted by Gasteiger charge is 2.40. The predicted molar refractivity (Wildman–Crippen MR) is 121 cm³/mol. The zero-order valence-corrected chi connectivity index (χ0v) is 18.7. The lowest BCUT2D eigenvalue weighted by Crippen LogP contribution is -2.43. The van der Waals surface area contributed by atoms with Crippen LogP contribution in [0.1, 0.15) is 31.2 Å². The number of anilines is 2. The van der Waals surface area contributed by atoms with Crippen molar-refractivity contribution in [2.24, 2.45) is 0 Å². The van der Waals surface area contributed by atoms with Crippen LogP contribution >= 0.6 is 22.9 Å². The maximum absolute atomic E-state index is 13.5. The summed E-state index contributed by atoms with van der Waals surface area (Å²) in [5.41, 5.74) is 2.30. The van der Waals surface area contributed by atoms with Crippen LogP contribution in [0, 0.1) is 12.7 Å². The number of para-hydroxylation sites is 1. The minimum atomic E-state index is -0.762. The van der Waals surface area contributed by atoms with E-state index in [0.29, 0.717) is 27.5 Å². The molecule has 9 heteroatoms. The molecule has 1 aromatic heterocycles. The van der Waals surface area contributed by atoms with E-state index in [2.05, 4.69) is 5.32 Å². The molecule has 1 aliphatic rings. The number of thiophene rings is 1. The van der Waals surface area contributed by atoms with E-state index in [4.69, 9.17) is 16.3 Å². The van der Waals surface area contributed by atoms with Crippen molar-refractivity contribution in [1.82, 2.24) is 0 Å². The monoisotopic (exact) mass is 472 g/mol. The van der Waals surface area contributed by atoms with Gasteiger partial charge in [-0.2, -0.15) is 0 Å². The van der Waals surface area contributed by atoms with Gasteiger partial charge in [0.25, 0.3) is 11.8 Å². The fraction of sp³-hybridized carbons (Fsp3) is 0.174. The van der Waals surface area contributed by atoms with Crippen LogP contribution in [0.4, 0.5) is 15.1 Å². The molecule has 1 aliphatic heterocycles. The highest BCUT2D eigenvalue weighted by Crippen LogP contribution is 2.37. The number of nitrogens with zero attached hydrogens (tertiary/aromatic N) is 1. The summed E-state index contributed by atoms with van der Waals surface area (Å²) in [6, 6.07) is 11.7. The Morgan fingerprint density at radius 2 is 1.94 bits per heavy atom. The number of amides is 2. The Morgan fingerprint density at radius 1 is 1.19 bits per heavy atom. The highest BCUT2D eigenvalue weighted by molar-refractivity contribution is 7.18. The summed E-state index contributed by atoms with van der Waals surface area (Å²) in [6.45, 7) is 1.75. The predicted octanol–water partition coefficient (Wildman–Crippen LogP) is 4.85. The van der Waals surface area contributed by atoms with Crippen molar-refractivity contribution < 1.29 is 23.5 Å². The summed E-state index contributed by atoms with van der Waals surface area (Å²) < 4.78 is 18.2. The molecule has 2 amide bonds. The molecule has 0 saturated carbocycles. The van der Waals surface area contributed by atoms with Gasteiger partial charge >= 0.3 is 5.97 Å². The van der Waals surface area contributed by atoms with Crippen LogP contribution in [0.25, 0.3) is 0 Å². The third kappa shape index (κ3) is 3.99. The minimum Gasteiger partial charge on any atom is -0.467 e. The summed E-state index contributed by atoms with van der Waals surface area (Å²) in [5, 5.41) is 3.12. The topological polar surface area (TPSA) is 75.7 Å². The van der Waals surface area contributed by atoms with Gasteiger partial charge < -0.3 is 10.1 Å². The Hall–Kier alpha value is -3.23. The molecule has 0 saturated heterocycles. The highest BCUT2D eigenvalue weighted by atomic mass is 35.5. The van der Waals surface area contributed by atoms with Crippen LogP contribution in [-0.4, -0.2) is 30.9 Å². The standard InChI is InChI=1S/C23H18ClFN2O4S/c1-12-9-19(26-21(28)15-8-7-14(25)11-16(15)24)32-20(12)22(29)27-17-6-4-3-5-13(17)10-18(27)23(30)31-2/h3-9,11,18H,10H2,1-2H3,(H,26,28). The Kier molecular flexibility index (Phi) is 5.99. The molecule has 4 rings (SSSR count). The maximum atomic E-state index is 13.5. The third-order valence-electron chi connectivity index (χ3n) is 5.19. The summed E-state index contributed by atoms with van der Waals surface area (Å²) in [6.07, 6.45) is 0.367. The smallest absolute Gasteiger partial charge is 0.329 e. The quantitative estimate of drug-likeness (QED) is 0.551. The van der Waals surface area contributed by atoms with Crippen molar-refractivity contribution in [3.63, 3.8) is 0 Å².